The van der Waals surface area contributed by atoms with Crippen molar-refractivity contribution >= 4 is 29.5 Å². The highest BCUT2D eigenvalue weighted by atomic mass is 32.1. The zero-order valence-electron chi connectivity index (χ0n) is 17.6. The zero-order chi connectivity index (χ0) is 22.8. The number of likely N-dealkylation sites (tertiary alicyclic amines) is 1. The Morgan fingerprint density at radius 2 is 2.24 bits per heavy atom. The van der Waals surface area contributed by atoms with Crippen LogP contribution in [0.15, 0.2) is 46.3 Å². The summed E-state index contributed by atoms with van der Waals surface area (Å²) in [7, 11) is 0. The molecule has 1 amide bonds. The number of aromatic nitrogens is 5. The summed E-state index contributed by atoms with van der Waals surface area (Å²) >= 11 is 6.94. The van der Waals surface area contributed by atoms with E-state index < -0.39 is 0 Å². The fraction of sp³-hybridized carbons (Fsp3) is 0.318. The van der Waals surface area contributed by atoms with Crippen LogP contribution in [0.2, 0.25) is 0 Å². The number of aromatic amines is 1. The molecule has 4 heterocycles. The summed E-state index contributed by atoms with van der Waals surface area (Å²) in [5, 5.41) is 13.1. The van der Waals surface area contributed by atoms with Crippen LogP contribution in [0.5, 0.6) is 0 Å². The minimum Gasteiger partial charge on any atom is -0.342 e. The second kappa shape index (κ2) is 9.36. The van der Waals surface area contributed by atoms with Crippen molar-refractivity contribution in [1.82, 2.24) is 29.8 Å². The monoisotopic (exact) mass is 484 g/mol. The van der Waals surface area contributed by atoms with E-state index in [1.165, 1.54) is 12.1 Å². The highest BCUT2D eigenvalue weighted by Gasteiger charge is 2.29. The minimum atomic E-state index is -0.353. The number of hydrogen-bond acceptors (Lipinski definition) is 7. The molecule has 1 N–H and O–H groups in total. The van der Waals surface area contributed by atoms with Crippen LogP contribution in [-0.2, 0) is 11.3 Å². The molecule has 1 saturated heterocycles. The fourth-order valence-corrected chi connectivity index (χ4v) is 4.98. The second-order valence-corrected chi connectivity index (χ2v) is 9.21. The van der Waals surface area contributed by atoms with Gasteiger partial charge in [0.15, 0.2) is 10.6 Å². The Balaban J connectivity index is 1.24. The van der Waals surface area contributed by atoms with Crippen molar-refractivity contribution in [3.8, 4) is 22.1 Å². The van der Waals surface area contributed by atoms with Crippen molar-refractivity contribution in [3.05, 3.63) is 58.3 Å². The number of piperidine rings is 1. The van der Waals surface area contributed by atoms with E-state index in [-0.39, 0.29) is 17.6 Å². The Kier molecular flexibility index (Phi) is 6.14. The molecular formula is C22H21FN6O2S2. The number of H-pyrrole nitrogens is 1. The molecule has 3 aromatic heterocycles. The fourth-order valence-electron chi connectivity index (χ4n) is 4.04. The summed E-state index contributed by atoms with van der Waals surface area (Å²) in [5.41, 5.74) is 0.562. The molecule has 1 unspecified atom stereocenters. The normalized spacial score (nSPS) is 16.3. The van der Waals surface area contributed by atoms with Gasteiger partial charge in [0.1, 0.15) is 5.82 Å². The van der Waals surface area contributed by atoms with Crippen LogP contribution in [0.1, 0.15) is 31.1 Å². The van der Waals surface area contributed by atoms with Crippen molar-refractivity contribution in [2.24, 2.45) is 0 Å². The van der Waals surface area contributed by atoms with Gasteiger partial charge in [-0.25, -0.2) is 4.39 Å². The van der Waals surface area contributed by atoms with Crippen molar-refractivity contribution in [3.63, 3.8) is 0 Å². The molecule has 0 radical (unpaired) electrons. The molecule has 33 heavy (non-hydrogen) atoms. The van der Waals surface area contributed by atoms with Crippen LogP contribution in [-0.4, -0.2) is 48.8 Å². The van der Waals surface area contributed by atoms with E-state index in [0.717, 1.165) is 23.5 Å². The molecule has 170 valence electrons. The molecular weight excluding hydrogens is 463 g/mol. The van der Waals surface area contributed by atoms with Gasteiger partial charge in [-0.1, -0.05) is 23.4 Å². The first kappa shape index (κ1) is 21.7. The molecule has 11 heteroatoms. The average Bonchev–Trinajstić information content (AvgIpc) is 3.59. The number of halogens is 1. The number of carbonyl (C=O) groups excluding carboxylic acids is 1. The van der Waals surface area contributed by atoms with Crippen molar-refractivity contribution < 1.29 is 13.7 Å². The average molecular weight is 485 g/mol. The molecule has 1 aliphatic heterocycles. The highest BCUT2D eigenvalue weighted by Crippen LogP contribution is 2.28. The molecule has 0 aliphatic carbocycles. The summed E-state index contributed by atoms with van der Waals surface area (Å²) in [6.07, 6.45) is 2.01. The third-order valence-electron chi connectivity index (χ3n) is 5.70. The first-order chi connectivity index (χ1) is 16.1. The zero-order valence-corrected chi connectivity index (χ0v) is 19.2. The second-order valence-electron chi connectivity index (χ2n) is 7.88. The van der Waals surface area contributed by atoms with Gasteiger partial charge in [-0.3, -0.25) is 14.5 Å². The van der Waals surface area contributed by atoms with Gasteiger partial charge in [-0.2, -0.15) is 10.1 Å². The third-order valence-corrected chi connectivity index (χ3v) is 6.87. The maximum Gasteiger partial charge on any atom is 0.231 e. The quantitative estimate of drug-likeness (QED) is 0.400. The lowest BCUT2D eigenvalue weighted by Gasteiger charge is -2.31. The number of benzene rings is 1. The van der Waals surface area contributed by atoms with Gasteiger partial charge in [-0.15, -0.1) is 11.3 Å². The molecule has 0 bridgehead atoms. The lowest BCUT2D eigenvalue weighted by molar-refractivity contribution is -0.132. The van der Waals surface area contributed by atoms with Crippen LogP contribution in [0.3, 0.4) is 0 Å². The summed E-state index contributed by atoms with van der Waals surface area (Å²) in [4.78, 5) is 20.3. The van der Waals surface area contributed by atoms with Crippen LogP contribution in [0.25, 0.3) is 22.1 Å². The highest BCUT2D eigenvalue weighted by molar-refractivity contribution is 7.71. The van der Waals surface area contributed by atoms with Crippen molar-refractivity contribution in [2.45, 2.75) is 31.7 Å². The van der Waals surface area contributed by atoms with Gasteiger partial charge in [0, 0.05) is 31.6 Å². The van der Waals surface area contributed by atoms with Crippen LogP contribution in [0, 0.1) is 10.6 Å². The van der Waals surface area contributed by atoms with Crippen molar-refractivity contribution in [2.75, 3.05) is 13.1 Å². The topological polar surface area (TPSA) is 92.8 Å². The molecule has 8 nitrogen and oxygen atoms in total. The number of carbonyl (C=O) groups is 1. The Labute approximate surface area is 198 Å². The van der Waals surface area contributed by atoms with Crippen LogP contribution >= 0.6 is 23.6 Å². The Morgan fingerprint density at radius 1 is 1.33 bits per heavy atom. The van der Waals surface area contributed by atoms with Crippen LogP contribution in [0.4, 0.5) is 4.39 Å². The molecule has 5 rings (SSSR count). The molecule has 1 aliphatic rings. The Hall–Kier alpha value is -3.18. The number of thiophene rings is 1. The lowest BCUT2D eigenvalue weighted by atomic mass is 9.97. The summed E-state index contributed by atoms with van der Waals surface area (Å²) in [6, 6.07) is 10.0. The number of rotatable bonds is 6. The smallest absolute Gasteiger partial charge is 0.231 e. The summed E-state index contributed by atoms with van der Waals surface area (Å²) in [6.45, 7) is 1.65. The van der Waals surface area contributed by atoms with Gasteiger partial charge in [-0.05, 0) is 48.6 Å². The lowest BCUT2D eigenvalue weighted by Crippen LogP contribution is -2.39. The van der Waals surface area contributed by atoms with E-state index >= 15 is 0 Å². The standard InChI is InChI=1S/C22H21FN6O2S2/c23-16-6-1-4-14(12-16)19-24-21(31-27-19)15-5-2-9-28(13-15)18(30)8-10-29-20(25-26-22(29)32)17-7-3-11-33-17/h1,3-4,6-7,11-12,15H,2,5,8-10,13H2,(H,26,32). The molecule has 0 spiro atoms. The van der Waals surface area contributed by atoms with E-state index in [4.69, 9.17) is 16.7 Å². The van der Waals surface area contributed by atoms with Gasteiger partial charge in [0.2, 0.25) is 17.6 Å². The maximum atomic E-state index is 13.5. The minimum absolute atomic E-state index is 0.0460. The largest absolute Gasteiger partial charge is 0.342 e. The first-order valence-electron chi connectivity index (χ1n) is 10.6. The summed E-state index contributed by atoms with van der Waals surface area (Å²) < 4.78 is 21.3. The molecule has 0 saturated carbocycles. The Bertz CT molecular complexity index is 1310. The van der Waals surface area contributed by atoms with Gasteiger partial charge in [0.25, 0.3) is 0 Å². The number of nitrogens with one attached hydrogen (secondary N) is 1. The first-order valence-corrected chi connectivity index (χ1v) is 11.9. The number of nitrogens with zero attached hydrogens (tertiary/aromatic N) is 5. The van der Waals surface area contributed by atoms with Gasteiger partial charge < -0.3 is 9.42 Å². The van der Waals surface area contributed by atoms with Gasteiger partial charge >= 0.3 is 0 Å². The van der Waals surface area contributed by atoms with E-state index in [9.17, 15) is 9.18 Å². The molecule has 1 atom stereocenters. The Morgan fingerprint density at radius 3 is 3.06 bits per heavy atom. The maximum absolute atomic E-state index is 13.5. The van der Waals surface area contributed by atoms with Crippen molar-refractivity contribution in [1.29, 1.82) is 0 Å². The number of amides is 1. The van der Waals surface area contributed by atoms with Gasteiger partial charge in [0.05, 0.1) is 10.8 Å². The third kappa shape index (κ3) is 4.64. The van der Waals surface area contributed by atoms with E-state index in [1.807, 2.05) is 27.0 Å². The van der Waals surface area contributed by atoms with E-state index in [2.05, 4.69) is 20.3 Å². The molecule has 4 aromatic rings. The SMILES string of the molecule is O=C(CCn1c(-c2cccs2)n[nH]c1=S)N1CCCC(c2nc(-c3cccc(F)c3)no2)C1. The van der Waals surface area contributed by atoms with E-state index in [0.29, 0.717) is 48.1 Å². The number of hydrogen-bond donors (Lipinski definition) is 1. The molecule has 1 fully saturated rings. The predicted octanol–water partition coefficient (Wildman–Crippen LogP) is 4.65. The molecule has 1 aromatic carbocycles. The summed E-state index contributed by atoms with van der Waals surface area (Å²) in [5.74, 6) is 1.22. The van der Waals surface area contributed by atoms with Crippen LogP contribution < -0.4 is 0 Å². The van der Waals surface area contributed by atoms with E-state index in [1.54, 1.807) is 23.5 Å². The predicted molar refractivity (Wildman–Crippen MR) is 124 cm³/mol.